The minimum absolute atomic E-state index is 0.746. The molecule has 118 valence electrons. The Morgan fingerprint density at radius 2 is 2.00 bits per heavy atom. The molecule has 1 N–H and O–H groups in total. The van der Waals surface area contributed by atoms with Crippen LogP contribution in [0.3, 0.4) is 0 Å². The van der Waals surface area contributed by atoms with Gasteiger partial charge in [0, 0.05) is 36.4 Å². The number of nitrogens with zero attached hydrogens (tertiary/aromatic N) is 3. The summed E-state index contributed by atoms with van der Waals surface area (Å²) >= 11 is 0. The number of likely N-dealkylation sites (tertiary alicyclic amines) is 1. The number of hydrogen-bond acceptors (Lipinski definition) is 3. The van der Waals surface area contributed by atoms with Crippen LogP contribution in [0.2, 0.25) is 0 Å². The lowest BCUT2D eigenvalue weighted by molar-refractivity contribution is 0.169. The zero-order valence-corrected chi connectivity index (χ0v) is 13.9. The summed E-state index contributed by atoms with van der Waals surface area (Å²) in [4.78, 5) is 2.53. The van der Waals surface area contributed by atoms with E-state index in [2.05, 4.69) is 35.8 Å². The lowest BCUT2D eigenvalue weighted by Gasteiger charge is -2.32. The fourth-order valence-electron chi connectivity index (χ4n) is 3.52. The van der Waals surface area contributed by atoms with Crippen molar-refractivity contribution in [2.45, 2.75) is 77.5 Å². The molecule has 1 aliphatic carbocycles. The molecular weight excluding hydrogens is 260 g/mol. The highest BCUT2D eigenvalue weighted by Crippen LogP contribution is 2.22. The molecule has 1 aliphatic heterocycles. The molecule has 0 spiro atoms. The molecule has 1 unspecified atom stereocenters. The Balaban J connectivity index is 1.58. The van der Waals surface area contributed by atoms with E-state index in [9.17, 15) is 0 Å². The van der Waals surface area contributed by atoms with Crippen molar-refractivity contribution in [3.8, 4) is 0 Å². The van der Waals surface area contributed by atoms with Gasteiger partial charge < -0.3 is 10.2 Å². The molecule has 1 atom stereocenters. The maximum Gasteiger partial charge on any atom is 0.0641 e. The standard InChI is InChI=1S/C17H30N4/c1-13-17(12-18-15-7-8-15)14(2)21(19-13)11-9-16-6-4-5-10-20(16)3/h15-16,18H,4-12H2,1-3H3. The number of piperidine rings is 1. The van der Waals surface area contributed by atoms with E-state index in [1.807, 2.05) is 0 Å². The minimum atomic E-state index is 0.746. The third-order valence-electron chi connectivity index (χ3n) is 5.27. The van der Waals surface area contributed by atoms with Gasteiger partial charge >= 0.3 is 0 Å². The third-order valence-corrected chi connectivity index (χ3v) is 5.27. The van der Waals surface area contributed by atoms with Gasteiger partial charge in [0.05, 0.1) is 5.69 Å². The first-order valence-corrected chi connectivity index (χ1v) is 8.61. The summed E-state index contributed by atoms with van der Waals surface area (Å²) < 4.78 is 2.24. The molecule has 1 saturated heterocycles. The van der Waals surface area contributed by atoms with E-state index in [1.165, 1.54) is 62.0 Å². The summed E-state index contributed by atoms with van der Waals surface area (Å²) in [5, 5.41) is 8.39. The second-order valence-corrected chi connectivity index (χ2v) is 6.95. The quantitative estimate of drug-likeness (QED) is 0.874. The van der Waals surface area contributed by atoms with E-state index in [0.717, 1.165) is 25.2 Å². The Kier molecular flexibility index (Phi) is 4.65. The van der Waals surface area contributed by atoms with Crippen molar-refractivity contribution in [1.29, 1.82) is 0 Å². The molecule has 0 radical (unpaired) electrons. The van der Waals surface area contributed by atoms with E-state index >= 15 is 0 Å². The molecule has 1 aromatic heterocycles. The molecule has 0 amide bonds. The molecule has 1 aromatic rings. The van der Waals surface area contributed by atoms with Crippen LogP contribution in [0.15, 0.2) is 0 Å². The fourth-order valence-corrected chi connectivity index (χ4v) is 3.52. The zero-order chi connectivity index (χ0) is 14.8. The lowest BCUT2D eigenvalue weighted by Crippen LogP contribution is -2.36. The Hall–Kier alpha value is -0.870. The SMILES string of the molecule is Cc1nn(CCC2CCCCN2C)c(C)c1CNC1CC1. The molecule has 2 fully saturated rings. The van der Waals surface area contributed by atoms with Gasteiger partial charge in [0.15, 0.2) is 0 Å². The van der Waals surface area contributed by atoms with Gasteiger partial charge in [-0.05, 0) is 59.5 Å². The highest BCUT2D eigenvalue weighted by Gasteiger charge is 2.22. The average molecular weight is 290 g/mol. The van der Waals surface area contributed by atoms with Crippen molar-refractivity contribution < 1.29 is 0 Å². The second kappa shape index (κ2) is 6.49. The predicted molar refractivity (Wildman–Crippen MR) is 86.4 cm³/mol. The smallest absolute Gasteiger partial charge is 0.0641 e. The van der Waals surface area contributed by atoms with E-state index < -0.39 is 0 Å². The maximum absolute atomic E-state index is 4.78. The molecule has 21 heavy (non-hydrogen) atoms. The summed E-state index contributed by atoms with van der Waals surface area (Å²) in [5.74, 6) is 0. The highest BCUT2D eigenvalue weighted by molar-refractivity contribution is 5.24. The van der Waals surface area contributed by atoms with Crippen molar-refractivity contribution in [2.24, 2.45) is 0 Å². The molecule has 2 aliphatic rings. The van der Waals surface area contributed by atoms with Gasteiger partial charge in [0.1, 0.15) is 0 Å². The van der Waals surface area contributed by atoms with E-state index in [1.54, 1.807) is 0 Å². The molecule has 4 heteroatoms. The summed E-state index contributed by atoms with van der Waals surface area (Å²) in [6.45, 7) is 7.70. The van der Waals surface area contributed by atoms with Crippen LogP contribution < -0.4 is 5.32 Å². The number of hydrogen-bond donors (Lipinski definition) is 1. The normalized spacial score (nSPS) is 23.7. The number of rotatable bonds is 6. The number of aromatic nitrogens is 2. The largest absolute Gasteiger partial charge is 0.310 e. The van der Waals surface area contributed by atoms with Crippen LogP contribution in [0, 0.1) is 13.8 Å². The minimum Gasteiger partial charge on any atom is -0.310 e. The summed E-state index contributed by atoms with van der Waals surface area (Å²) in [6.07, 6.45) is 8.03. The van der Waals surface area contributed by atoms with Crippen LogP contribution >= 0.6 is 0 Å². The van der Waals surface area contributed by atoms with Crippen molar-refractivity contribution in [3.05, 3.63) is 17.0 Å². The van der Waals surface area contributed by atoms with Gasteiger partial charge in [-0.25, -0.2) is 0 Å². The van der Waals surface area contributed by atoms with Crippen LogP contribution in [0.4, 0.5) is 0 Å². The van der Waals surface area contributed by atoms with Gasteiger partial charge in [-0.1, -0.05) is 6.42 Å². The first kappa shape index (κ1) is 15.0. The fraction of sp³-hybridized carbons (Fsp3) is 0.824. The number of aryl methyl sites for hydroxylation is 2. The Labute approximate surface area is 128 Å². The molecular formula is C17H30N4. The summed E-state index contributed by atoms with van der Waals surface area (Å²) in [7, 11) is 2.27. The topological polar surface area (TPSA) is 33.1 Å². The van der Waals surface area contributed by atoms with Gasteiger partial charge in [-0.3, -0.25) is 4.68 Å². The first-order chi connectivity index (χ1) is 10.1. The third kappa shape index (κ3) is 3.67. The summed E-state index contributed by atoms with van der Waals surface area (Å²) in [5.41, 5.74) is 3.98. The monoisotopic (exact) mass is 290 g/mol. The Bertz CT molecular complexity index is 475. The predicted octanol–water partition coefficient (Wildman–Crippen LogP) is 2.63. The van der Waals surface area contributed by atoms with Gasteiger partial charge in [-0.15, -0.1) is 0 Å². The zero-order valence-electron chi connectivity index (χ0n) is 13.9. The van der Waals surface area contributed by atoms with Gasteiger partial charge in [-0.2, -0.15) is 5.10 Å². The highest BCUT2D eigenvalue weighted by atomic mass is 15.3. The lowest BCUT2D eigenvalue weighted by atomic mass is 10.0. The van der Waals surface area contributed by atoms with Gasteiger partial charge in [0.2, 0.25) is 0 Å². The molecule has 4 nitrogen and oxygen atoms in total. The number of nitrogens with one attached hydrogen (secondary N) is 1. The van der Waals surface area contributed by atoms with Crippen LogP contribution in [0.1, 0.15) is 55.5 Å². The maximum atomic E-state index is 4.78. The second-order valence-electron chi connectivity index (χ2n) is 6.95. The Morgan fingerprint density at radius 3 is 2.71 bits per heavy atom. The first-order valence-electron chi connectivity index (χ1n) is 8.61. The van der Waals surface area contributed by atoms with E-state index in [-0.39, 0.29) is 0 Å². The van der Waals surface area contributed by atoms with Crippen molar-refractivity contribution in [3.63, 3.8) is 0 Å². The van der Waals surface area contributed by atoms with E-state index in [4.69, 9.17) is 5.10 Å². The van der Waals surface area contributed by atoms with Crippen LogP contribution in [-0.4, -0.2) is 40.4 Å². The van der Waals surface area contributed by atoms with Gasteiger partial charge in [0.25, 0.3) is 0 Å². The summed E-state index contributed by atoms with van der Waals surface area (Å²) in [6, 6.07) is 1.51. The van der Waals surface area contributed by atoms with Crippen LogP contribution in [0.25, 0.3) is 0 Å². The van der Waals surface area contributed by atoms with Crippen molar-refractivity contribution >= 4 is 0 Å². The molecule has 1 saturated carbocycles. The molecule has 2 heterocycles. The van der Waals surface area contributed by atoms with E-state index in [0.29, 0.717) is 0 Å². The molecule has 0 aromatic carbocycles. The Morgan fingerprint density at radius 1 is 1.19 bits per heavy atom. The molecule has 3 rings (SSSR count). The molecule has 0 bridgehead atoms. The van der Waals surface area contributed by atoms with Crippen molar-refractivity contribution in [1.82, 2.24) is 20.0 Å². The van der Waals surface area contributed by atoms with Crippen LogP contribution in [-0.2, 0) is 13.1 Å². The van der Waals surface area contributed by atoms with Crippen molar-refractivity contribution in [2.75, 3.05) is 13.6 Å². The van der Waals surface area contributed by atoms with Crippen LogP contribution in [0.5, 0.6) is 0 Å². The average Bonchev–Trinajstić information content (AvgIpc) is 3.25.